The summed E-state index contributed by atoms with van der Waals surface area (Å²) in [6.45, 7) is 4.60. The second kappa shape index (κ2) is 11.6. The Morgan fingerprint density at radius 3 is 2.17 bits per heavy atom. The van der Waals surface area contributed by atoms with Crippen LogP contribution < -0.4 is 5.11 Å². The van der Waals surface area contributed by atoms with Crippen LogP contribution in [0, 0.1) is 0 Å². The molecule has 0 saturated carbocycles. The number of carbonyl (C=O) groups is 1. The van der Waals surface area contributed by atoms with Gasteiger partial charge in [0.25, 0.3) is 6.09 Å². The smallest absolute Gasteiger partial charge is 0.263 e. The second-order valence-corrected chi connectivity index (χ2v) is 7.19. The molecule has 0 aliphatic carbocycles. The minimum atomic E-state index is -1.13. The van der Waals surface area contributed by atoms with E-state index in [0.717, 1.165) is 12.8 Å². The highest BCUT2D eigenvalue weighted by molar-refractivity contribution is 5.85. The number of unbranched alkanes of at least 4 members (excludes halogenated alkanes) is 9. The molecule has 1 amide bonds. The third kappa shape index (κ3) is 6.52. The first-order valence-corrected chi connectivity index (χ1v) is 9.83. The highest BCUT2D eigenvalue weighted by Gasteiger charge is 2.42. The molecular formula is C19H36N2O3. The number of nitrogens with zero attached hydrogens (tertiary/aromatic N) is 2. The van der Waals surface area contributed by atoms with E-state index in [-0.39, 0.29) is 23.7 Å². The largest absolute Gasteiger partial charge is 0.498 e. The SMILES string of the molecule is CCCCCCCCCCCCC1=NC(C)C[N+]1(CCO)C(=O)[O-]. The van der Waals surface area contributed by atoms with Crippen molar-refractivity contribution in [1.29, 1.82) is 0 Å². The van der Waals surface area contributed by atoms with E-state index >= 15 is 0 Å². The molecule has 24 heavy (non-hydrogen) atoms. The molecule has 0 aromatic carbocycles. The van der Waals surface area contributed by atoms with Crippen LogP contribution in [0.1, 0.15) is 84.5 Å². The van der Waals surface area contributed by atoms with Gasteiger partial charge in [0.05, 0.1) is 6.61 Å². The maximum absolute atomic E-state index is 11.6. The molecule has 0 bridgehead atoms. The topological polar surface area (TPSA) is 72.7 Å². The number of rotatable bonds is 13. The molecule has 5 nitrogen and oxygen atoms in total. The normalized spacial score (nSPS) is 23.5. The Morgan fingerprint density at radius 2 is 1.67 bits per heavy atom. The highest BCUT2D eigenvalue weighted by Crippen LogP contribution is 2.23. The number of hydrogen-bond acceptors (Lipinski definition) is 4. The molecule has 140 valence electrons. The monoisotopic (exact) mass is 340 g/mol. The highest BCUT2D eigenvalue weighted by atomic mass is 16.4. The van der Waals surface area contributed by atoms with Gasteiger partial charge in [-0.15, -0.1) is 0 Å². The standard InChI is InChI=1S/C19H36N2O3/c1-3-4-5-6-7-8-9-10-11-12-13-18-20-17(2)16-21(18,14-15-22)19(23)24/h17,22H,3-16H2,1-2H3. The van der Waals surface area contributed by atoms with Crippen LogP contribution in [0.4, 0.5) is 4.79 Å². The Kier molecular flexibility index (Phi) is 10.2. The predicted octanol–water partition coefficient (Wildman–Crippen LogP) is 3.25. The Hall–Kier alpha value is -0.940. The molecule has 0 aromatic rings. The predicted molar refractivity (Wildman–Crippen MR) is 95.8 cm³/mol. The molecule has 0 saturated heterocycles. The molecule has 1 aliphatic heterocycles. The maximum Gasteiger partial charge on any atom is 0.263 e. The summed E-state index contributed by atoms with van der Waals surface area (Å²) in [6.07, 6.45) is 12.2. The zero-order chi connectivity index (χ0) is 17.8. The van der Waals surface area contributed by atoms with E-state index in [1.165, 1.54) is 51.4 Å². The van der Waals surface area contributed by atoms with Gasteiger partial charge in [0.2, 0.25) is 5.84 Å². The van der Waals surface area contributed by atoms with E-state index in [1.807, 2.05) is 6.92 Å². The summed E-state index contributed by atoms with van der Waals surface area (Å²) in [6, 6.07) is -0.00688. The van der Waals surface area contributed by atoms with Crippen LogP contribution in [0.3, 0.4) is 0 Å². The van der Waals surface area contributed by atoms with E-state index in [2.05, 4.69) is 11.9 Å². The second-order valence-electron chi connectivity index (χ2n) is 7.19. The molecule has 1 aliphatic rings. The average Bonchev–Trinajstić information content (AvgIpc) is 2.86. The van der Waals surface area contributed by atoms with E-state index in [1.54, 1.807) is 0 Å². The minimum absolute atomic E-state index is 0.00688. The summed E-state index contributed by atoms with van der Waals surface area (Å²) >= 11 is 0. The number of carbonyl (C=O) groups excluding carboxylic acids is 1. The summed E-state index contributed by atoms with van der Waals surface area (Å²) < 4.78 is -0.269. The van der Waals surface area contributed by atoms with Crippen LogP contribution in [0.25, 0.3) is 0 Å². The number of aliphatic hydroxyl groups is 1. The van der Waals surface area contributed by atoms with Crippen LogP contribution >= 0.6 is 0 Å². The fraction of sp³-hybridized carbons (Fsp3) is 0.895. The van der Waals surface area contributed by atoms with Crippen molar-refractivity contribution in [1.82, 2.24) is 0 Å². The molecule has 0 radical (unpaired) electrons. The van der Waals surface area contributed by atoms with Crippen molar-refractivity contribution in [3.8, 4) is 0 Å². The lowest BCUT2D eigenvalue weighted by atomic mass is 10.1. The minimum Gasteiger partial charge on any atom is -0.498 e. The lowest BCUT2D eigenvalue weighted by Crippen LogP contribution is -2.62. The van der Waals surface area contributed by atoms with Crippen LogP contribution in [0.5, 0.6) is 0 Å². The molecular weight excluding hydrogens is 304 g/mol. The number of aliphatic imine (C=N–C) groups is 1. The molecule has 1 rings (SSSR count). The van der Waals surface area contributed by atoms with Crippen LogP contribution in [-0.2, 0) is 0 Å². The van der Waals surface area contributed by atoms with E-state index in [0.29, 0.717) is 18.8 Å². The summed E-state index contributed by atoms with van der Waals surface area (Å²) in [5.74, 6) is 0.691. The van der Waals surface area contributed by atoms with Crippen LogP contribution in [-0.4, -0.2) is 47.3 Å². The zero-order valence-corrected chi connectivity index (χ0v) is 15.6. The van der Waals surface area contributed by atoms with Gasteiger partial charge in [-0.25, -0.2) is 9.48 Å². The van der Waals surface area contributed by atoms with Crippen molar-refractivity contribution >= 4 is 11.9 Å². The Morgan fingerprint density at radius 1 is 1.12 bits per heavy atom. The van der Waals surface area contributed by atoms with Gasteiger partial charge >= 0.3 is 0 Å². The third-order valence-corrected chi connectivity index (χ3v) is 5.02. The average molecular weight is 341 g/mol. The molecule has 1 heterocycles. The molecule has 1 N–H and O–H groups in total. The van der Waals surface area contributed by atoms with Gasteiger partial charge in [0.1, 0.15) is 19.1 Å². The van der Waals surface area contributed by atoms with Crippen LogP contribution in [0.2, 0.25) is 0 Å². The Bertz CT molecular complexity index is 398. The number of hydrogen-bond donors (Lipinski definition) is 1. The fourth-order valence-corrected chi connectivity index (χ4v) is 3.67. The lowest BCUT2D eigenvalue weighted by molar-refractivity contribution is -0.788. The van der Waals surface area contributed by atoms with E-state index in [4.69, 9.17) is 0 Å². The van der Waals surface area contributed by atoms with Crippen molar-refractivity contribution in [2.45, 2.75) is 90.5 Å². The van der Waals surface area contributed by atoms with E-state index < -0.39 is 6.09 Å². The van der Waals surface area contributed by atoms with Crippen molar-refractivity contribution in [3.05, 3.63) is 0 Å². The lowest BCUT2D eigenvalue weighted by Gasteiger charge is -2.33. The Balaban J connectivity index is 2.23. The molecule has 2 atom stereocenters. The number of quaternary nitrogens is 1. The fourth-order valence-electron chi connectivity index (χ4n) is 3.67. The van der Waals surface area contributed by atoms with Gasteiger partial charge in [0.15, 0.2) is 0 Å². The Labute approximate surface area is 147 Å². The summed E-state index contributed by atoms with van der Waals surface area (Å²) in [4.78, 5) is 16.1. The number of carboxylic acid groups (broad SMARTS) is 1. The van der Waals surface area contributed by atoms with Gasteiger partial charge < -0.3 is 15.0 Å². The maximum atomic E-state index is 11.6. The van der Waals surface area contributed by atoms with Crippen molar-refractivity contribution in [2.24, 2.45) is 4.99 Å². The van der Waals surface area contributed by atoms with Gasteiger partial charge in [-0.2, -0.15) is 0 Å². The van der Waals surface area contributed by atoms with Gasteiger partial charge in [0, 0.05) is 6.42 Å². The molecule has 0 fully saturated rings. The van der Waals surface area contributed by atoms with Crippen molar-refractivity contribution in [3.63, 3.8) is 0 Å². The summed E-state index contributed by atoms with van der Waals surface area (Å²) in [5.41, 5.74) is 0. The van der Waals surface area contributed by atoms with Crippen molar-refractivity contribution in [2.75, 3.05) is 19.7 Å². The van der Waals surface area contributed by atoms with Gasteiger partial charge in [-0.1, -0.05) is 64.7 Å². The first-order valence-electron chi connectivity index (χ1n) is 9.83. The van der Waals surface area contributed by atoms with Crippen LogP contribution in [0.15, 0.2) is 4.99 Å². The number of amidine groups is 1. The molecule has 2 unspecified atom stereocenters. The van der Waals surface area contributed by atoms with Crippen molar-refractivity contribution < 1.29 is 19.5 Å². The van der Waals surface area contributed by atoms with E-state index in [9.17, 15) is 15.0 Å². The summed E-state index contributed by atoms with van der Waals surface area (Å²) in [7, 11) is 0. The third-order valence-electron chi connectivity index (χ3n) is 5.02. The first-order chi connectivity index (χ1) is 11.6. The molecule has 5 heteroatoms. The first kappa shape index (κ1) is 21.1. The zero-order valence-electron chi connectivity index (χ0n) is 15.6. The van der Waals surface area contributed by atoms with Gasteiger partial charge in [-0.05, 0) is 13.3 Å². The quantitative estimate of drug-likeness (QED) is 0.413. The number of amides is 1. The number of aliphatic hydroxyl groups excluding tert-OH is 1. The molecule has 0 spiro atoms. The summed E-state index contributed by atoms with van der Waals surface area (Å²) in [5, 5.41) is 20.8. The van der Waals surface area contributed by atoms with Gasteiger partial charge in [-0.3, -0.25) is 0 Å². The molecule has 0 aromatic heterocycles.